The average molecular weight is 212 g/mol. The van der Waals surface area contributed by atoms with Gasteiger partial charge in [-0.15, -0.1) is 0 Å². The molecule has 0 aliphatic heterocycles. The van der Waals surface area contributed by atoms with E-state index in [1.54, 1.807) is 7.05 Å². The molecule has 0 saturated carbocycles. The highest BCUT2D eigenvalue weighted by atomic mass is 16.4. The third-order valence-corrected chi connectivity index (χ3v) is 1.93. The summed E-state index contributed by atoms with van der Waals surface area (Å²) in [7, 11) is 2.99. The Labute approximate surface area is 86.1 Å². The van der Waals surface area contributed by atoms with Crippen LogP contribution in [0.15, 0.2) is 6.20 Å². The molecule has 0 unspecified atom stereocenters. The summed E-state index contributed by atoms with van der Waals surface area (Å²) in [6.45, 7) is -0.368. The van der Waals surface area contributed by atoms with Crippen molar-refractivity contribution in [2.75, 3.05) is 19.3 Å². The Hall–Kier alpha value is -2.05. The molecule has 7 nitrogen and oxygen atoms in total. The number of carboxylic acid groups (broad SMARTS) is 1. The lowest BCUT2D eigenvalue weighted by molar-refractivity contribution is -0.137. The second kappa shape index (κ2) is 3.99. The van der Waals surface area contributed by atoms with E-state index in [1.807, 2.05) is 0 Å². The minimum absolute atomic E-state index is 0.209. The number of hydrogen-bond acceptors (Lipinski definition) is 4. The van der Waals surface area contributed by atoms with Gasteiger partial charge in [-0.2, -0.15) is 5.10 Å². The van der Waals surface area contributed by atoms with Gasteiger partial charge in [0.2, 0.25) is 0 Å². The van der Waals surface area contributed by atoms with Crippen LogP contribution in [0.2, 0.25) is 0 Å². The van der Waals surface area contributed by atoms with Crippen molar-refractivity contribution < 1.29 is 14.7 Å². The van der Waals surface area contributed by atoms with E-state index in [0.29, 0.717) is 0 Å². The van der Waals surface area contributed by atoms with Crippen molar-refractivity contribution >= 4 is 17.7 Å². The molecule has 15 heavy (non-hydrogen) atoms. The smallest absolute Gasteiger partial charge is 0.323 e. The molecule has 0 saturated heterocycles. The first-order valence-corrected chi connectivity index (χ1v) is 4.18. The van der Waals surface area contributed by atoms with Crippen LogP contribution in [0.5, 0.6) is 0 Å². The predicted molar refractivity (Wildman–Crippen MR) is 52.2 cm³/mol. The second-order valence-electron chi connectivity index (χ2n) is 3.12. The van der Waals surface area contributed by atoms with Gasteiger partial charge in [-0.05, 0) is 0 Å². The normalized spacial score (nSPS) is 10.0. The standard InChI is InChI=1S/C8H12N4O3/c1-11(4-6(13)14)8(15)5-3-10-12(2)7(5)9/h3H,4,9H2,1-2H3,(H,13,14). The quantitative estimate of drug-likeness (QED) is 0.680. The molecule has 0 bridgehead atoms. The SMILES string of the molecule is CN(CC(=O)O)C(=O)c1cnn(C)c1N. The number of aromatic nitrogens is 2. The van der Waals surface area contributed by atoms with E-state index in [-0.39, 0.29) is 17.9 Å². The van der Waals surface area contributed by atoms with Crippen LogP contribution in [0.4, 0.5) is 5.82 Å². The summed E-state index contributed by atoms with van der Waals surface area (Å²) >= 11 is 0. The van der Waals surface area contributed by atoms with Gasteiger partial charge in [-0.25, -0.2) is 0 Å². The van der Waals surface area contributed by atoms with Crippen molar-refractivity contribution in [3.05, 3.63) is 11.8 Å². The number of nitrogens with zero attached hydrogens (tertiary/aromatic N) is 3. The van der Waals surface area contributed by atoms with Crippen LogP contribution in [0, 0.1) is 0 Å². The Bertz CT molecular complexity index is 399. The van der Waals surface area contributed by atoms with Gasteiger partial charge in [-0.1, -0.05) is 0 Å². The van der Waals surface area contributed by atoms with E-state index >= 15 is 0 Å². The molecule has 0 atom stereocenters. The molecule has 3 N–H and O–H groups in total. The van der Waals surface area contributed by atoms with Gasteiger partial charge in [-0.3, -0.25) is 14.3 Å². The number of carboxylic acids is 1. The fourth-order valence-electron chi connectivity index (χ4n) is 1.09. The van der Waals surface area contributed by atoms with E-state index < -0.39 is 11.9 Å². The molecule has 0 fully saturated rings. The van der Waals surface area contributed by atoms with Crippen LogP contribution in [0.3, 0.4) is 0 Å². The average Bonchev–Trinajstić information content (AvgIpc) is 2.45. The van der Waals surface area contributed by atoms with Crippen LogP contribution < -0.4 is 5.73 Å². The number of likely N-dealkylation sites (N-methyl/N-ethyl adjacent to an activating group) is 1. The third kappa shape index (κ3) is 2.25. The maximum Gasteiger partial charge on any atom is 0.323 e. The van der Waals surface area contributed by atoms with Crippen LogP contribution in [0.1, 0.15) is 10.4 Å². The summed E-state index contributed by atoms with van der Waals surface area (Å²) in [5.41, 5.74) is 5.79. The van der Waals surface area contributed by atoms with E-state index in [1.165, 1.54) is 17.9 Å². The Morgan fingerprint density at radius 1 is 1.67 bits per heavy atom. The number of nitrogens with two attached hydrogens (primary N) is 1. The maximum absolute atomic E-state index is 11.6. The van der Waals surface area contributed by atoms with Gasteiger partial charge in [0.1, 0.15) is 17.9 Å². The van der Waals surface area contributed by atoms with E-state index in [0.717, 1.165) is 4.90 Å². The lowest BCUT2D eigenvalue weighted by Crippen LogP contribution is -2.32. The molecule has 0 spiro atoms. The second-order valence-corrected chi connectivity index (χ2v) is 3.12. The van der Waals surface area contributed by atoms with Crippen molar-refractivity contribution in [1.29, 1.82) is 0 Å². The summed E-state index contributed by atoms with van der Waals surface area (Å²) in [6, 6.07) is 0. The van der Waals surface area contributed by atoms with Gasteiger partial charge in [0.15, 0.2) is 0 Å². The lowest BCUT2D eigenvalue weighted by Gasteiger charge is -2.13. The first-order chi connectivity index (χ1) is 6.93. The molecule has 0 aliphatic rings. The third-order valence-electron chi connectivity index (χ3n) is 1.93. The molecule has 0 radical (unpaired) electrons. The summed E-state index contributed by atoms with van der Waals surface area (Å²) < 4.78 is 1.35. The highest BCUT2D eigenvalue weighted by Gasteiger charge is 2.19. The Morgan fingerprint density at radius 3 is 2.67 bits per heavy atom. The molecule has 1 rings (SSSR count). The van der Waals surface area contributed by atoms with Crippen LogP contribution in [0.25, 0.3) is 0 Å². The molecule has 1 aromatic rings. The van der Waals surface area contributed by atoms with E-state index in [2.05, 4.69) is 5.10 Å². The number of hydrogen-bond donors (Lipinski definition) is 2. The van der Waals surface area contributed by atoms with Gasteiger partial charge < -0.3 is 15.7 Å². The topological polar surface area (TPSA) is 101 Å². The molecular formula is C8H12N4O3. The Kier molecular flexibility index (Phi) is 2.93. The first-order valence-electron chi connectivity index (χ1n) is 4.18. The molecule has 0 aromatic carbocycles. The number of aryl methyl sites for hydroxylation is 1. The van der Waals surface area contributed by atoms with Crippen LogP contribution in [-0.4, -0.2) is 45.3 Å². The number of carbonyl (C=O) groups excluding carboxylic acids is 1. The van der Waals surface area contributed by atoms with Crippen LogP contribution in [-0.2, 0) is 11.8 Å². The number of anilines is 1. The van der Waals surface area contributed by atoms with Crippen molar-refractivity contribution in [3.8, 4) is 0 Å². The summed E-state index contributed by atoms with van der Waals surface area (Å²) in [5.74, 6) is -1.31. The van der Waals surface area contributed by atoms with Crippen molar-refractivity contribution in [1.82, 2.24) is 14.7 Å². The minimum atomic E-state index is -1.08. The zero-order valence-electron chi connectivity index (χ0n) is 8.47. The molecule has 1 amide bonds. The lowest BCUT2D eigenvalue weighted by atomic mass is 10.3. The van der Waals surface area contributed by atoms with Gasteiger partial charge in [0, 0.05) is 14.1 Å². The molecule has 1 aromatic heterocycles. The zero-order valence-corrected chi connectivity index (χ0v) is 8.47. The summed E-state index contributed by atoms with van der Waals surface area (Å²) in [4.78, 5) is 23.1. The number of aliphatic carboxylic acids is 1. The van der Waals surface area contributed by atoms with E-state index in [9.17, 15) is 9.59 Å². The van der Waals surface area contributed by atoms with Crippen molar-refractivity contribution in [2.24, 2.45) is 7.05 Å². The van der Waals surface area contributed by atoms with E-state index in [4.69, 9.17) is 10.8 Å². The molecule has 0 aliphatic carbocycles. The Balaban J connectivity index is 2.85. The maximum atomic E-state index is 11.6. The predicted octanol–water partition coefficient (Wildman–Crippen LogP) is -0.841. The number of amides is 1. The molecule has 82 valence electrons. The highest BCUT2D eigenvalue weighted by Crippen LogP contribution is 2.11. The summed E-state index contributed by atoms with van der Waals surface area (Å²) in [5, 5.41) is 12.3. The molecular weight excluding hydrogens is 200 g/mol. The zero-order chi connectivity index (χ0) is 11.6. The molecule has 1 heterocycles. The molecule has 7 heteroatoms. The number of carbonyl (C=O) groups is 2. The number of nitrogen functional groups attached to an aromatic ring is 1. The fourth-order valence-corrected chi connectivity index (χ4v) is 1.09. The highest BCUT2D eigenvalue weighted by molar-refractivity contribution is 5.99. The van der Waals surface area contributed by atoms with Crippen LogP contribution >= 0.6 is 0 Å². The Morgan fingerprint density at radius 2 is 2.27 bits per heavy atom. The minimum Gasteiger partial charge on any atom is -0.480 e. The fraction of sp³-hybridized carbons (Fsp3) is 0.375. The number of rotatable bonds is 3. The summed E-state index contributed by atoms with van der Waals surface area (Å²) in [6.07, 6.45) is 1.32. The monoisotopic (exact) mass is 212 g/mol. The van der Waals surface area contributed by atoms with Crippen molar-refractivity contribution in [3.63, 3.8) is 0 Å². The first kappa shape index (κ1) is 11.0. The van der Waals surface area contributed by atoms with Gasteiger partial charge in [0.05, 0.1) is 6.20 Å². The van der Waals surface area contributed by atoms with Crippen molar-refractivity contribution in [2.45, 2.75) is 0 Å². The van der Waals surface area contributed by atoms with Gasteiger partial charge >= 0.3 is 5.97 Å². The largest absolute Gasteiger partial charge is 0.480 e. The van der Waals surface area contributed by atoms with Gasteiger partial charge in [0.25, 0.3) is 5.91 Å².